The predicted octanol–water partition coefficient (Wildman–Crippen LogP) is 1.76. The lowest BCUT2D eigenvalue weighted by atomic mass is 10.1. The summed E-state index contributed by atoms with van der Waals surface area (Å²) in [6.07, 6.45) is -0.0227. The van der Waals surface area contributed by atoms with Crippen LogP contribution in [0.15, 0.2) is 18.2 Å². The maximum atomic E-state index is 13.0. The van der Waals surface area contributed by atoms with Gasteiger partial charge in [-0.1, -0.05) is 0 Å². The molecule has 21 heavy (non-hydrogen) atoms. The Bertz CT molecular complexity index is 561. The van der Waals surface area contributed by atoms with E-state index in [-0.39, 0.29) is 25.1 Å². The molecule has 0 aromatic heterocycles. The molecule has 0 saturated carbocycles. The highest BCUT2D eigenvalue weighted by atomic mass is 19.1. The number of nitro benzene ring substituents is 1. The van der Waals surface area contributed by atoms with Crippen LogP contribution in [0.2, 0.25) is 0 Å². The standard InChI is InChI=1S/C13H15FN2O5/c1-3-21-12(17)6-7-15(2)13(18)10-5-4-9(14)8-11(10)16(19)20/h4-5,8H,3,6-7H2,1-2H3. The normalized spacial score (nSPS) is 10.0. The first-order valence-electron chi connectivity index (χ1n) is 6.21. The summed E-state index contributed by atoms with van der Waals surface area (Å²) in [6, 6.07) is 2.71. The van der Waals surface area contributed by atoms with Gasteiger partial charge in [-0.25, -0.2) is 4.39 Å². The number of esters is 1. The molecule has 7 nitrogen and oxygen atoms in total. The second kappa shape index (κ2) is 7.32. The van der Waals surface area contributed by atoms with Crippen molar-refractivity contribution in [3.8, 4) is 0 Å². The van der Waals surface area contributed by atoms with E-state index in [4.69, 9.17) is 4.74 Å². The van der Waals surface area contributed by atoms with E-state index < -0.39 is 28.3 Å². The van der Waals surface area contributed by atoms with Gasteiger partial charge in [0.2, 0.25) is 0 Å². The molecule has 1 aromatic carbocycles. The second-order valence-corrected chi connectivity index (χ2v) is 4.20. The molecule has 0 aliphatic carbocycles. The fourth-order valence-corrected chi connectivity index (χ4v) is 1.64. The molecule has 1 rings (SSSR count). The molecule has 0 atom stereocenters. The van der Waals surface area contributed by atoms with E-state index in [9.17, 15) is 24.1 Å². The highest BCUT2D eigenvalue weighted by Gasteiger charge is 2.23. The first kappa shape index (κ1) is 16.5. The van der Waals surface area contributed by atoms with Crippen molar-refractivity contribution in [1.82, 2.24) is 4.90 Å². The number of carbonyl (C=O) groups excluding carboxylic acids is 2. The van der Waals surface area contributed by atoms with E-state index in [2.05, 4.69) is 0 Å². The topological polar surface area (TPSA) is 89.8 Å². The molecule has 1 aromatic rings. The van der Waals surface area contributed by atoms with E-state index in [1.54, 1.807) is 6.92 Å². The van der Waals surface area contributed by atoms with Crippen molar-refractivity contribution in [2.24, 2.45) is 0 Å². The maximum Gasteiger partial charge on any atom is 0.307 e. The smallest absolute Gasteiger partial charge is 0.307 e. The molecular weight excluding hydrogens is 283 g/mol. The van der Waals surface area contributed by atoms with Gasteiger partial charge in [-0.15, -0.1) is 0 Å². The molecule has 0 bridgehead atoms. The number of rotatable bonds is 6. The van der Waals surface area contributed by atoms with Crippen molar-refractivity contribution in [3.05, 3.63) is 39.7 Å². The molecule has 8 heteroatoms. The summed E-state index contributed by atoms with van der Waals surface area (Å²) < 4.78 is 17.7. The van der Waals surface area contributed by atoms with E-state index in [0.29, 0.717) is 6.07 Å². The molecule has 0 spiro atoms. The molecule has 114 valence electrons. The van der Waals surface area contributed by atoms with Crippen molar-refractivity contribution in [2.75, 3.05) is 20.2 Å². The van der Waals surface area contributed by atoms with E-state index in [0.717, 1.165) is 17.0 Å². The Hall–Kier alpha value is -2.51. The Morgan fingerprint density at radius 3 is 2.67 bits per heavy atom. The highest BCUT2D eigenvalue weighted by Crippen LogP contribution is 2.21. The minimum absolute atomic E-state index is 0.0227. The molecule has 0 radical (unpaired) electrons. The minimum atomic E-state index is -0.824. The third kappa shape index (κ3) is 4.51. The molecule has 0 heterocycles. The van der Waals surface area contributed by atoms with E-state index >= 15 is 0 Å². The first-order chi connectivity index (χ1) is 9.86. The summed E-state index contributed by atoms with van der Waals surface area (Å²) in [6.45, 7) is 1.95. The van der Waals surface area contributed by atoms with Gasteiger partial charge in [-0.3, -0.25) is 19.7 Å². The largest absolute Gasteiger partial charge is 0.466 e. The third-order valence-electron chi connectivity index (χ3n) is 2.69. The molecule has 0 aliphatic heterocycles. The third-order valence-corrected chi connectivity index (χ3v) is 2.69. The molecule has 0 N–H and O–H groups in total. The van der Waals surface area contributed by atoms with E-state index in [1.165, 1.54) is 7.05 Å². The van der Waals surface area contributed by atoms with Crippen LogP contribution >= 0.6 is 0 Å². The predicted molar refractivity (Wildman–Crippen MR) is 71.3 cm³/mol. The average Bonchev–Trinajstić information content (AvgIpc) is 2.44. The van der Waals surface area contributed by atoms with Gasteiger partial charge in [0.25, 0.3) is 11.6 Å². The Balaban J connectivity index is 2.83. The van der Waals surface area contributed by atoms with E-state index in [1.807, 2.05) is 0 Å². The van der Waals surface area contributed by atoms with Crippen molar-refractivity contribution in [1.29, 1.82) is 0 Å². The van der Waals surface area contributed by atoms with Crippen LogP contribution in [0, 0.1) is 15.9 Å². The van der Waals surface area contributed by atoms with Crippen LogP contribution in [-0.4, -0.2) is 41.9 Å². The van der Waals surface area contributed by atoms with Gasteiger partial charge in [-0.05, 0) is 19.1 Å². The number of hydrogen-bond acceptors (Lipinski definition) is 5. The summed E-state index contributed by atoms with van der Waals surface area (Å²) in [7, 11) is 1.40. The number of carbonyl (C=O) groups is 2. The van der Waals surface area contributed by atoms with Crippen LogP contribution in [-0.2, 0) is 9.53 Å². The number of nitro groups is 1. The quantitative estimate of drug-likeness (QED) is 0.453. The fourth-order valence-electron chi connectivity index (χ4n) is 1.64. The number of nitrogens with zero attached hydrogens (tertiary/aromatic N) is 2. The Kier molecular flexibility index (Phi) is 5.77. The SMILES string of the molecule is CCOC(=O)CCN(C)C(=O)c1ccc(F)cc1[N+](=O)[O-]. The van der Waals surface area contributed by atoms with Gasteiger partial charge < -0.3 is 9.64 Å². The van der Waals surface area contributed by atoms with Gasteiger partial charge in [0, 0.05) is 13.6 Å². The molecule has 0 unspecified atom stereocenters. The van der Waals surface area contributed by atoms with Gasteiger partial charge in [-0.2, -0.15) is 0 Å². The van der Waals surface area contributed by atoms with Crippen LogP contribution in [0.5, 0.6) is 0 Å². The van der Waals surface area contributed by atoms with Gasteiger partial charge >= 0.3 is 5.97 Å². The first-order valence-corrected chi connectivity index (χ1v) is 6.21. The summed E-state index contributed by atoms with van der Waals surface area (Å²) in [5, 5.41) is 10.8. The highest BCUT2D eigenvalue weighted by molar-refractivity contribution is 5.98. The number of halogens is 1. The summed E-state index contributed by atoms with van der Waals surface area (Å²) in [5.74, 6) is -1.93. The number of amides is 1. The molecular formula is C13H15FN2O5. The molecule has 1 amide bonds. The molecule has 0 aliphatic rings. The van der Waals surface area contributed by atoms with Crippen LogP contribution in [0.4, 0.5) is 10.1 Å². The maximum absolute atomic E-state index is 13.0. The Morgan fingerprint density at radius 1 is 1.43 bits per heavy atom. The van der Waals surface area contributed by atoms with Crippen LogP contribution in [0.25, 0.3) is 0 Å². The number of ether oxygens (including phenoxy) is 1. The van der Waals surface area contributed by atoms with Crippen LogP contribution in [0.1, 0.15) is 23.7 Å². The zero-order valence-corrected chi connectivity index (χ0v) is 11.7. The van der Waals surface area contributed by atoms with Crippen molar-refractivity contribution >= 4 is 17.6 Å². The van der Waals surface area contributed by atoms with Gasteiger partial charge in [0.05, 0.1) is 24.0 Å². The lowest BCUT2D eigenvalue weighted by Gasteiger charge is -2.16. The van der Waals surface area contributed by atoms with Crippen molar-refractivity contribution in [3.63, 3.8) is 0 Å². The fraction of sp³-hybridized carbons (Fsp3) is 0.385. The zero-order chi connectivity index (χ0) is 16.0. The monoisotopic (exact) mass is 298 g/mol. The summed E-state index contributed by atoms with van der Waals surface area (Å²) >= 11 is 0. The van der Waals surface area contributed by atoms with Gasteiger partial charge in [0.1, 0.15) is 11.4 Å². The Morgan fingerprint density at radius 2 is 2.10 bits per heavy atom. The minimum Gasteiger partial charge on any atom is -0.466 e. The molecule has 0 fully saturated rings. The summed E-state index contributed by atoms with van der Waals surface area (Å²) in [5.41, 5.74) is -0.837. The van der Waals surface area contributed by atoms with Crippen LogP contribution < -0.4 is 0 Å². The van der Waals surface area contributed by atoms with Crippen molar-refractivity contribution < 1.29 is 23.6 Å². The number of hydrogen-bond donors (Lipinski definition) is 0. The lowest BCUT2D eigenvalue weighted by Crippen LogP contribution is -2.30. The Labute approximate surface area is 120 Å². The molecule has 0 saturated heterocycles. The zero-order valence-electron chi connectivity index (χ0n) is 11.7. The lowest BCUT2D eigenvalue weighted by molar-refractivity contribution is -0.385. The summed E-state index contributed by atoms with van der Waals surface area (Å²) in [4.78, 5) is 34.5. The van der Waals surface area contributed by atoms with Gasteiger partial charge in [0.15, 0.2) is 0 Å². The van der Waals surface area contributed by atoms with Crippen LogP contribution in [0.3, 0.4) is 0 Å². The average molecular weight is 298 g/mol. The van der Waals surface area contributed by atoms with Crippen molar-refractivity contribution in [2.45, 2.75) is 13.3 Å². The second-order valence-electron chi connectivity index (χ2n) is 4.20. The number of benzene rings is 1.